The Morgan fingerprint density at radius 1 is 1.29 bits per heavy atom. The highest BCUT2D eigenvalue weighted by atomic mass is 19.4. The van der Waals surface area contributed by atoms with Crippen LogP contribution in [0.2, 0.25) is 0 Å². The normalized spacial score (nSPS) is 26.9. The van der Waals surface area contributed by atoms with Gasteiger partial charge < -0.3 is 4.90 Å². The molecular formula is C17H18F3N3O. The molecule has 7 heteroatoms. The Morgan fingerprint density at radius 2 is 2.04 bits per heavy atom. The fourth-order valence-corrected chi connectivity index (χ4v) is 4.06. The maximum atomic E-state index is 12.8. The van der Waals surface area contributed by atoms with Gasteiger partial charge in [0.15, 0.2) is 5.78 Å². The molecule has 4 heterocycles. The van der Waals surface area contributed by atoms with Crippen molar-refractivity contribution < 1.29 is 18.0 Å². The molecule has 0 aliphatic carbocycles. The average Bonchev–Trinajstić information content (AvgIpc) is 2.98. The van der Waals surface area contributed by atoms with E-state index in [9.17, 15) is 18.0 Å². The molecule has 24 heavy (non-hydrogen) atoms. The van der Waals surface area contributed by atoms with Gasteiger partial charge in [-0.25, -0.2) is 0 Å². The molecule has 0 amide bonds. The van der Waals surface area contributed by atoms with Crippen LogP contribution in [-0.2, 0) is 6.18 Å². The van der Waals surface area contributed by atoms with Crippen molar-refractivity contribution in [3.63, 3.8) is 0 Å². The van der Waals surface area contributed by atoms with Crippen LogP contribution in [0.25, 0.3) is 10.9 Å². The van der Waals surface area contributed by atoms with Gasteiger partial charge in [0.2, 0.25) is 0 Å². The Hall–Kier alpha value is -1.89. The maximum absolute atomic E-state index is 12.8. The number of carbonyl (C=O) groups is 1. The third kappa shape index (κ3) is 2.70. The quantitative estimate of drug-likeness (QED) is 0.872. The molecule has 3 aliphatic rings. The molecule has 0 spiro atoms. The van der Waals surface area contributed by atoms with Crippen molar-refractivity contribution in [1.82, 2.24) is 15.1 Å². The van der Waals surface area contributed by atoms with Gasteiger partial charge in [0.25, 0.3) is 0 Å². The molecule has 5 rings (SSSR count). The number of rotatable bonds is 3. The van der Waals surface area contributed by atoms with Gasteiger partial charge in [0, 0.05) is 18.4 Å². The lowest BCUT2D eigenvalue weighted by Crippen LogP contribution is -2.47. The van der Waals surface area contributed by atoms with E-state index >= 15 is 0 Å². The van der Waals surface area contributed by atoms with Gasteiger partial charge in [-0.15, -0.1) is 0 Å². The van der Waals surface area contributed by atoms with E-state index in [0.29, 0.717) is 23.6 Å². The molecule has 1 N–H and O–H groups in total. The van der Waals surface area contributed by atoms with Crippen LogP contribution >= 0.6 is 0 Å². The highest BCUT2D eigenvalue weighted by molar-refractivity contribution is 6.06. The lowest BCUT2D eigenvalue weighted by Gasteiger charge is -2.44. The second kappa shape index (κ2) is 5.58. The highest BCUT2D eigenvalue weighted by Gasteiger charge is 2.36. The number of aromatic nitrogens is 2. The second-order valence-corrected chi connectivity index (χ2v) is 6.86. The number of nitrogens with one attached hydrogen (secondary N) is 1. The van der Waals surface area contributed by atoms with E-state index in [4.69, 9.17) is 0 Å². The van der Waals surface area contributed by atoms with Gasteiger partial charge in [-0.3, -0.25) is 9.89 Å². The SMILES string of the molecule is O=C(C[C@H]1CN2CCC1CC2)c1n[nH]c2cc(C(F)(F)F)ccc12. The number of halogens is 3. The van der Waals surface area contributed by atoms with E-state index in [2.05, 4.69) is 15.1 Å². The summed E-state index contributed by atoms with van der Waals surface area (Å²) in [6, 6.07) is 3.35. The van der Waals surface area contributed by atoms with E-state index in [0.717, 1.165) is 44.6 Å². The third-order valence-corrected chi connectivity index (χ3v) is 5.39. The molecule has 2 aromatic rings. The van der Waals surface area contributed by atoms with Crippen LogP contribution in [0.4, 0.5) is 13.2 Å². The van der Waals surface area contributed by atoms with Crippen LogP contribution in [0.5, 0.6) is 0 Å². The Bertz CT molecular complexity index is 775. The molecule has 2 bridgehead atoms. The van der Waals surface area contributed by atoms with Crippen LogP contribution in [0, 0.1) is 11.8 Å². The van der Waals surface area contributed by atoms with Crippen molar-refractivity contribution in [3.05, 3.63) is 29.5 Å². The van der Waals surface area contributed by atoms with Crippen LogP contribution in [0.1, 0.15) is 35.3 Å². The van der Waals surface area contributed by atoms with Gasteiger partial charge in [-0.1, -0.05) is 0 Å². The summed E-state index contributed by atoms with van der Waals surface area (Å²) in [6.45, 7) is 3.17. The van der Waals surface area contributed by atoms with Crippen molar-refractivity contribution in [2.45, 2.75) is 25.4 Å². The molecule has 0 unspecified atom stereocenters. The fraction of sp³-hybridized carbons (Fsp3) is 0.529. The zero-order valence-corrected chi connectivity index (χ0v) is 13.1. The van der Waals surface area contributed by atoms with Crippen LogP contribution < -0.4 is 0 Å². The summed E-state index contributed by atoms with van der Waals surface area (Å²) in [5.74, 6) is 0.835. The maximum Gasteiger partial charge on any atom is 0.416 e. The molecule has 3 fully saturated rings. The Labute approximate surface area is 137 Å². The first-order chi connectivity index (χ1) is 11.4. The number of Topliss-reactive ketones (excluding diaryl/α,β-unsaturated/α-hetero) is 1. The molecule has 4 nitrogen and oxygen atoms in total. The van der Waals surface area contributed by atoms with Gasteiger partial charge in [-0.2, -0.15) is 18.3 Å². The third-order valence-electron chi connectivity index (χ3n) is 5.39. The first-order valence-corrected chi connectivity index (χ1v) is 8.22. The summed E-state index contributed by atoms with van der Waals surface area (Å²) >= 11 is 0. The minimum atomic E-state index is -4.40. The summed E-state index contributed by atoms with van der Waals surface area (Å²) in [5.41, 5.74) is -0.229. The van der Waals surface area contributed by atoms with Crippen molar-refractivity contribution in [3.8, 4) is 0 Å². The second-order valence-electron chi connectivity index (χ2n) is 6.86. The molecular weight excluding hydrogens is 319 g/mol. The van der Waals surface area contributed by atoms with Gasteiger partial charge >= 0.3 is 6.18 Å². The topological polar surface area (TPSA) is 49.0 Å². The van der Waals surface area contributed by atoms with E-state index in [-0.39, 0.29) is 17.0 Å². The number of aromatic amines is 1. The number of H-pyrrole nitrogens is 1. The number of hydrogen-bond donors (Lipinski definition) is 1. The summed E-state index contributed by atoms with van der Waals surface area (Å²) in [7, 11) is 0. The number of carbonyl (C=O) groups excluding carboxylic acids is 1. The Balaban J connectivity index is 1.56. The first kappa shape index (κ1) is 15.6. The van der Waals surface area contributed by atoms with Gasteiger partial charge in [0.1, 0.15) is 5.69 Å². The molecule has 1 aromatic heterocycles. The number of alkyl halides is 3. The minimum Gasteiger partial charge on any atom is -0.303 e. The van der Waals surface area contributed by atoms with Gasteiger partial charge in [-0.05, 0) is 56.0 Å². The number of nitrogens with zero attached hydrogens (tertiary/aromatic N) is 2. The van der Waals surface area contributed by atoms with E-state index in [1.807, 2.05) is 0 Å². The van der Waals surface area contributed by atoms with Crippen LogP contribution in [0.15, 0.2) is 18.2 Å². The van der Waals surface area contributed by atoms with Crippen LogP contribution in [-0.4, -0.2) is 40.5 Å². The molecule has 1 atom stereocenters. The number of ketones is 1. The number of fused-ring (bicyclic) bond motifs is 4. The lowest BCUT2D eigenvalue weighted by atomic mass is 9.76. The molecule has 128 valence electrons. The zero-order valence-electron chi connectivity index (χ0n) is 13.1. The summed E-state index contributed by atoms with van der Waals surface area (Å²) in [5, 5.41) is 7.03. The van der Waals surface area contributed by atoms with Gasteiger partial charge in [0.05, 0.1) is 11.1 Å². The van der Waals surface area contributed by atoms with Crippen molar-refractivity contribution in [2.75, 3.05) is 19.6 Å². The van der Waals surface area contributed by atoms with Crippen molar-refractivity contribution >= 4 is 16.7 Å². The molecule has 3 saturated heterocycles. The molecule has 0 radical (unpaired) electrons. The zero-order chi connectivity index (χ0) is 16.9. The molecule has 1 aromatic carbocycles. The summed E-state index contributed by atoms with van der Waals surface area (Å²) in [4.78, 5) is 15.0. The van der Waals surface area contributed by atoms with E-state index < -0.39 is 11.7 Å². The number of piperidine rings is 3. The molecule has 3 aliphatic heterocycles. The van der Waals surface area contributed by atoms with Crippen molar-refractivity contribution in [2.24, 2.45) is 11.8 Å². The Morgan fingerprint density at radius 3 is 2.67 bits per heavy atom. The first-order valence-electron chi connectivity index (χ1n) is 8.22. The van der Waals surface area contributed by atoms with Crippen molar-refractivity contribution in [1.29, 1.82) is 0 Å². The lowest BCUT2D eigenvalue weighted by molar-refractivity contribution is -0.137. The standard InChI is InChI=1S/C17H18F3N3O/c18-17(19,20)12-1-2-13-14(8-12)21-22-16(13)15(24)7-11-9-23-5-3-10(11)4-6-23/h1-2,8,10-11H,3-7,9H2,(H,21,22)/t11-/m0/s1. The summed E-state index contributed by atoms with van der Waals surface area (Å²) in [6.07, 6.45) is -1.72. The average molecular weight is 337 g/mol. The number of hydrogen-bond acceptors (Lipinski definition) is 3. The number of benzene rings is 1. The molecule has 0 saturated carbocycles. The van der Waals surface area contributed by atoms with E-state index in [1.165, 1.54) is 6.07 Å². The highest BCUT2D eigenvalue weighted by Crippen LogP contribution is 2.36. The largest absolute Gasteiger partial charge is 0.416 e. The van der Waals surface area contributed by atoms with E-state index in [1.54, 1.807) is 0 Å². The van der Waals surface area contributed by atoms with Crippen LogP contribution in [0.3, 0.4) is 0 Å². The minimum absolute atomic E-state index is 0.0836. The predicted octanol–water partition coefficient (Wildman–Crippen LogP) is 3.50. The fourth-order valence-electron chi connectivity index (χ4n) is 4.06. The monoisotopic (exact) mass is 337 g/mol. The predicted molar refractivity (Wildman–Crippen MR) is 82.7 cm³/mol. The smallest absolute Gasteiger partial charge is 0.303 e. The Kier molecular flexibility index (Phi) is 3.63. The summed E-state index contributed by atoms with van der Waals surface area (Å²) < 4.78 is 38.3.